The molecule has 0 aromatic heterocycles. The van der Waals surface area contributed by atoms with E-state index in [1.807, 2.05) is 0 Å². The highest BCUT2D eigenvalue weighted by atomic mass is 19.4. The van der Waals surface area contributed by atoms with Gasteiger partial charge >= 0.3 is 6.18 Å². The third kappa shape index (κ3) is 3.79. The lowest BCUT2D eigenvalue weighted by Gasteiger charge is -2.24. The molecule has 1 amide bonds. The molecular weight excluding hydrogens is 336 g/mol. The Hall–Kier alpha value is -2.27. The maximum absolute atomic E-state index is 13.2. The second-order valence-corrected chi connectivity index (χ2v) is 5.37. The largest absolute Gasteiger partial charge is 0.412 e. The second kappa shape index (κ2) is 6.69. The van der Waals surface area contributed by atoms with Gasteiger partial charge in [0.1, 0.15) is 5.82 Å². The summed E-state index contributed by atoms with van der Waals surface area (Å²) in [6.45, 7) is 1.43. The van der Waals surface area contributed by atoms with Crippen molar-refractivity contribution in [2.45, 2.75) is 37.3 Å². The summed E-state index contributed by atoms with van der Waals surface area (Å²) in [7, 11) is 0. The van der Waals surface area contributed by atoms with E-state index < -0.39 is 47.0 Å². The summed E-state index contributed by atoms with van der Waals surface area (Å²) in [6, 6.07) is -2.60. The molecule has 1 fully saturated rings. The van der Waals surface area contributed by atoms with Crippen molar-refractivity contribution < 1.29 is 27.3 Å². The van der Waals surface area contributed by atoms with Crippen LogP contribution >= 0.6 is 0 Å². The Labute approximate surface area is 133 Å². The molecule has 0 aliphatic carbocycles. The number of amides is 1. The summed E-state index contributed by atoms with van der Waals surface area (Å²) in [5, 5.41) is 12.7. The van der Waals surface area contributed by atoms with E-state index >= 15 is 0 Å². The van der Waals surface area contributed by atoms with Crippen LogP contribution in [0.15, 0.2) is 24.3 Å². The quantitative estimate of drug-likeness (QED) is 0.429. The Bertz CT molecular complexity index is 623. The Morgan fingerprint density at radius 1 is 1.29 bits per heavy atom. The number of hydrogen-bond acceptors (Lipinski definition) is 5. The lowest BCUT2D eigenvalue weighted by Crippen LogP contribution is -2.52. The molecule has 3 N–H and O–H groups in total. The molecule has 0 saturated carbocycles. The highest BCUT2D eigenvalue weighted by Gasteiger charge is 2.49. The minimum atomic E-state index is -4.85. The van der Waals surface area contributed by atoms with E-state index in [2.05, 4.69) is 10.9 Å². The standard InChI is InChI=1S/C13H14F4N4O3/c1-6-10(21(23)24)9(20-19-6)12(22)18-11(13(15,16)17)7-2-4-8(14)5-3-7/h2-6,9-11,19-20H,1H3,(H,18,22). The topological polar surface area (TPSA) is 96.3 Å². The van der Waals surface area contributed by atoms with E-state index in [0.717, 1.165) is 24.3 Å². The van der Waals surface area contributed by atoms with Gasteiger partial charge in [0.25, 0.3) is 6.04 Å². The molecule has 24 heavy (non-hydrogen) atoms. The molecular formula is C13H14F4N4O3. The number of benzene rings is 1. The van der Waals surface area contributed by atoms with Crippen molar-refractivity contribution in [2.24, 2.45) is 0 Å². The van der Waals surface area contributed by atoms with E-state index in [0.29, 0.717) is 0 Å². The van der Waals surface area contributed by atoms with Gasteiger partial charge in [0, 0.05) is 4.92 Å². The highest BCUT2D eigenvalue weighted by molar-refractivity contribution is 5.83. The van der Waals surface area contributed by atoms with E-state index in [1.165, 1.54) is 6.92 Å². The first-order chi connectivity index (χ1) is 11.1. The lowest BCUT2D eigenvalue weighted by atomic mass is 10.0. The van der Waals surface area contributed by atoms with Gasteiger partial charge in [-0.25, -0.2) is 15.2 Å². The molecule has 1 aliphatic rings. The maximum Gasteiger partial charge on any atom is 0.412 e. The molecule has 1 saturated heterocycles. The molecule has 0 spiro atoms. The van der Waals surface area contributed by atoms with Crippen LogP contribution in [0.3, 0.4) is 0 Å². The number of alkyl halides is 3. The summed E-state index contributed by atoms with van der Waals surface area (Å²) < 4.78 is 52.5. The molecule has 4 atom stereocenters. The molecule has 1 aromatic rings. The average molecular weight is 350 g/mol. The molecule has 1 aromatic carbocycles. The Morgan fingerprint density at radius 2 is 1.88 bits per heavy atom. The number of carbonyl (C=O) groups excluding carboxylic acids is 1. The van der Waals surface area contributed by atoms with Crippen LogP contribution in [0.4, 0.5) is 17.6 Å². The van der Waals surface area contributed by atoms with Gasteiger partial charge < -0.3 is 5.32 Å². The van der Waals surface area contributed by atoms with Crippen molar-refractivity contribution in [1.82, 2.24) is 16.2 Å². The van der Waals surface area contributed by atoms with Gasteiger partial charge in [-0.1, -0.05) is 12.1 Å². The Kier molecular flexibility index (Phi) is 5.04. The van der Waals surface area contributed by atoms with Gasteiger partial charge in [-0.05, 0) is 24.6 Å². The van der Waals surface area contributed by atoms with E-state index in [9.17, 15) is 32.5 Å². The molecule has 1 heterocycles. The van der Waals surface area contributed by atoms with Gasteiger partial charge in [-0.15, -0.1) is 0 Å². The van der Waals surface area contributed by atoms with Gasteiger partial charge in [-0.3, -0.25) is 14.9 Å². The van der Waals surface area contributed by atoms with Crippen LogP contribution in [0.5, 0.6) is 0 Å². The predicted octanol–water partition coefficient (Wildman–Crippen LogP) is 1.06. The number of rotatable bonds is 4. The third-order valence-corrected chi connectivity index (χ3v) is 3.66. The second-order valence-electron chi connectivity index (χ2n) is 5.37. The van der Waals surface area contributed by atoms with Crippen LogP contribution in [0.1, 0.15) is 18.5 Å². The molecule has 0 radical (unpaired) electrons. The number of halogens is 4. The number of nitrogens with zero attached hydrogens (tertiary/aromatic N) is 1. The van der Waals surface area contributed by atoms with Crippen molar-refractivity contribution in [2.75, 3.05) is 0 Å². The normalized spacial score (nSPS) is 25.3. The Morgan fingerprint density at radius 3 is 2.38 bits per heavy atom. The number of nitrogens with one attached hydrogen (secondary N) is 3. The summed E-state index contributed by atoms with van der Waals surface area (Å²) >= 11 is 0. The van der Waals surface area contributed by atoms with E-state index in [4.69, 9.17) is 0 Å². The van der Waals surface area contributed by atoms with Gasteiger partial charge in [0.05, 0.1) is 6.04 Å². The fraction of sp³-hybridized carbons (Fsp3) is 0.462. The fourth-order valence-electron chi connectivity index (χ4n) is 2.45. The van der Waals surface area contributed by atoms with Crippen molar-refractivity contribution in [3.05, 3.63) is 45.8 Å². The smallest absolute Gasteiger partial charge is 0.339 e. The molecule has 2 rings (SSSR count). The summed E-state index contributed by atoms with van der Waals surface area (Å²) in [5.41, 5.74) is 4.40. The van der Waals surface area contributed by atoms with Crippen molar-refractivity contribution >= 4 is 5.91 Å². The molecule has 132 valence electrons. The highest BCUT2D eigenvalue weighted by Crippen LogP contribution is 2.33. The van der Waals surface area contributed by atoms with E-state index in [-0.39, 0.29) is 5.56 Å². The van der Waals surface area contributed by atoms with Crippen LogP contribution in [0.2, 0.25) is 0 Å². The van der Waals surface area contributed by atoms with Crippen molar-refractivity contribution in [1.29, 1.82) is 0 Å². The van der Waals surface area contributed by atoms with Gasteiger partial charge in [0.15, 0.2) is 12.1 Å². The maximum atomic E-state index is 13.2. The molecule has 7 nitrogen and oxygen atoms in total. The average Bonchev–Trinajstić information content (AvgIpc) is 2.86. The molecule has 4 unspecified atom stereocenters. The van der Waals surface area contributed by atoms with Crippen LogP contribution in [-0.4, -0.2) is 35.1 Å². The van der Waals surface area contributed by atoms with Crippen molar-refractivity contribution in [3.8, 4) is 0 Å². The van der Waals surface area contributed by atoms with Crippen molar-refractivity contribution in [3.63, 3.8) is 0 Å². The SMILES string of the molecule is CC1NNC(C(=O)NC(c2ccc(F)cc2)C(F)(F)F)C1[N+](=O)[O-]. The minimum Gasteiger partial charge on any atom is -0.339 e. The molecule has 11 heteroatoms. The van der Waals surface area contributed by atoms with Crippen LogP contribution in [0.25, 0.3) is 0 Å². The van der Waals surface area contributed by atoms with Gasteiger partial charge in [-0.2, -0.15) is 13.2 Å². The van der Waals surface area contributed by atoms with Crippen LogP contribution in [-0.2, 0) is 4.79 Å². The minimum absolute atomic E-state index is 0.381. The van der Waals surface area contributed by atoms with Crippen LogP contribution in [0, 0.1) is 15.9 Å². The Balaban J connectivity index is 2.22. The number of nitro groups is 1. The first kappa shape index (κ1) is 18.1. The summed E-state index contributed by atoms with van der Waals surface area (Å²) in [4.78, 5) is 22.4. The van der Waals surface area contributed by atoms with Gasteiger partial charge in [0.2, 0.25) is 5.91 Å². The first-order valence-electron chi connectivity index (χ1n) is 6.88. The first-order valence-corrected chi connectivity index (χ1v) is 6.88. The molecule has 1 aliphatic heterocycles. The lowest BCUT2D eigenvalue weighted by molar-refractivity contribution is -0.523. The number of carbonyl (C=O) groups is 1. The fourth-order valence-corrected chi connectivity index (χ4v) is 2.45. The zero-order chi connectivity index (χ0) is 18.1. The third-order valence-electron chi connectivity index (χ3n) is 3.66. The van der Waals surface area contributed by atoms with Crippen LogP contribution < -0.4 is 16.2 Å². The molecule has 0 bridgehead atoms. The predicted molar refractivity (Wildman–Crippen MR) is 73.6 cm³/mol. The number of hydrazine groups is 1. The number of hydrogen-bond donors (Lipinski definition) is 3. The summed E-state index contributed by atoms with van der Waals surface area (Å²) in [6.07, 6.45) is -4.85. The zero-order valence-electron chi connectivity index (χ0n) is 12.3. The van der Waals surface area contributed by atoms with E-state index in [1.54, 1.807) is 5.32 Å². The zero-order valence-corrected chi connectivity index (χ0v) is 12.3. The monoisotopic (exact) mass is 350 g/mol. The summed E-state index contributed by atoms with van der Waals surface area (Å²) in [5.74, 6) is -1.91.